The van der Waals surface area contributed by atoms with Crippen LogP contribution in [0.3, 0.4) is 0 Å². The quantitative estimate of drug-likeness (QED) is 0.751. The fourth-order valence-electron chi connectivity index (χ4n) is 1.64. The number of aromatic amines is 1. The maximum atomic E-state index is 11.9. The normalized spacial score (nSPS) is 10.9. The third kappa shape index (κ3) is 2.66. The molecule has 94 valence electrons. The molecule has 3 nitrogen and oxygen atoms in total. The number of halogens is 2. The summed E-state index contributed by atoms with van der Waals surface area (Å²) >= 11 is 5.52. The van der Waals surface area contributed by atoms with Crippen LogP contribution in [0.2, 0.25) is 0 Å². The van der Waals surface area contributed by atoms with Crippen molar-refractivity contribution in [2.75, 3.05) is 0 Å². The first-order valence-corrected chi connectivity index (χ1v) is 7.42. The number of nitrogens with one attached hydrogen (secondary N) is 1. The second kappa shape index (κ2) is 5.52. The van der Waals surface area contributed by atoms with Crippen LogP contribution in [-0.4, -0.2) is 9.97 Å². The highest BCUT2D eigenvalue weighted by Crippen LogP contribution is 2.26. The van der Waals surface area contributed by atoms with E-state index in [1.165, 1.54) is 0 Å². The van der Waals surface area contributed by atoms with Gasteiger partial charge in [-0.15, -0.1) is 0 Å². The van der Waals surface area contributed by atoms with Crippen molar-refractivity contribution in [1.82, 2.24) is 9.97 Å². The van der Waals surface area contributed by atoms with Gasteiger partial charge in [0.05, 0.1) is 9.26 Å². The summed E-state index contributed by atoms with van der Waals surface area (Å²) in [6.45, 7) is 4.07. The van der Waals surface area contributed by atoms with Gasteiger partial charge in [-0.2, -0.15) is 0 Å². The summed E-state index contributed by atoms with van der Waals surface area (Å²) in [7, 11) is 0. The topological polar surface area (TPSA) is 45.8 Å². The van der Waals surface area contributed by atoms with E-state index in [1.807, 2.05) is 60.7 Å². The molecule has 2 aromatic rings. The highest BCUT2D eigenvalue weighted by Gasteiger charge is 2.14. The number of benzene rings is 1. The van der Waals surface area contributed by atoms with Crippen LogP contribution in [-0.2, 0) is 0 Å². The van der Waals surface area contributed by atoms with Crippen molar-refractivity contribution in [2.45, 2.75) is 19.8 Å². The molecule has 0 unspecified atom stereocenters. The third-order valence-corrected chi connectivity index (χ3v) is 4.30. The van der Waals surface area contributed by atoms with Crippen LogP contribution in [0.15, 0.2) is 33.5 Å². The lowest BCUT2D eigenvalue weighted by atomic mass is 10.1. The summed E-state index contributed by atoms with van der Waals surface area (Å²) in [5.41, 5.74) is 1.65. The van der Waals surface area contributed by atoms with Crippen molar-refractivity contribution < 1.29 is 0 Å². The van der Waals surface area contributed by atoms with Crippen molar-refractivity contribution in [2.24, 2.45) is 0 Å². The molecule has 0 aliphatic rings. The van der Waals surface area contributed by atoms with Gasteiger partial charge in [0.2, 0.25) is 0 Å². The predicted molar refractivity (Wildman–Crippen MR) is 84.8 cm³/mol. The number of rotatable bonds is 2. The zero-order valence-electron chi connectivity index (χ0n) is 10.00. The molecule has 2 rings (SSSR count). The van der Waals surface area contributed by atoms with Gasteiger partial charge in [0, 0.05) is 10.0 Å². The Kier molecular flexibility index (Phi) is 4.21. The predicted octanol–water partition coefficient (Wildman–Crippen LogP) is 3.93. The highest BCUT2D eigenvalue weighted by molar-refractivity contribution is 14.1. The lowest BCUT2D eigenvalue weighted by Gasteiger charge is -2.10. The van der Waals surface area contributed by atoms with E-state index in [1.54, 1.807) is 0 Å². The van der Waals surface area contributed by atoms with E-state index in [4.69, 9.17) is 0 Å². The first kappa shape index (κ1) is 13.7. The van der Waals surface area contributed by atoms with Crippen molar-refractivity contribution in [3.63, 3.8) is 0 Å². The first-order chi connectivity index (χ1) is 8.50. The monoisotopic (exact) mass is 418 g/mol. The van der Waals surface area contributed by atoms with Crippen molar-refractivity contribution >= 4 is 38.5 Å². The zero-order chi connectivity index (χ0) is 13.3. The third-order valence-electron chi connectivity index (χ3n) is 2.56. The average molecular weight is 419 g/mol. The lowest BCUT2D eigenvalue weighted by molar-refractivity contribution is 0.802. The van der Waals surface area contributed by atoms with Crippen LogP contribution in [0.4, 0.5) is 0 Å². The molecule has 0 aliphatic carbocycles. The molecule has 0 fully saturated rings. The van der Waals surface area contributed by atoms with Gasteiger partial charge in [0.15, 0.2) is 0 Å². The molecule has 0 bridgehead atoms. The van der Waals surface area contributed by atoms with E-state index in [2.05, 4.69) is 25.9 Å². The highest BCUT2D eigenvalue weighted by atomic mass is 127. The van der Waals surface area contributed by atoms with E-state index >= 15 is 0 Å². The molecule has 0 atom stereocenters. The van der Waals surface area contributed by atoms with Gasteiger partial charge in [0.25, 0.3) is 5.56 Å². The molecule has 5 heteroatoms. The van der Waals surface area contributed by atoms with Crippen LogP contribution in [0.25, 0.3) is 11.4 Å². The Hall–Kier alpha value is -0.690. The van der Waals surface area contributed by atoms with Crippen LogP contribution in [0, 0.1) is 3.57 Å². The summed E-state index contributed by atoms with van der Waals surface area (Å²) in [6, 6.07) is 7.72. The number of nitrogens with zero attached hydrogens (tertiary/aromatic N) is 1. The van der Waals surface area contributed by atoms with Gasteiger partial charge >= 0.3 is 0 Å². The second-order valence-electron chi connectivity index (χ2n) is 4.25. The molecule has 1 aromatic carbocycles. The zero-order valence-corrected chi connectivity index (χ0v) is 13.7. The minimum absolute atomic E-state index is 0.0833. The first-order valence-electron chi connectivity index (χ1n) is 5.55. The van der Waals surface area contributed by atoms with Gasteiger partial charge in [-0.3, -0.25) is 4.79 Å². The van der Waals surface area contributed by atoms with Gasteiger partial charge in [-0.25, -0.2) is 4.98 Å². The molecule has 1 N–H and O–H groups in total. The molecule has 0 radical (unpaired) electrons. The SMILES string of the molecule is CC(C)c1nc(-c2ccccc2Br)[nH]c(=O)c1I. The summed E-state index contributed by atoms with van der Waals surface area (Å²) < 4.78 is 1.59. The largest absolute Gasteiger partial charge is 0.306 e. The van der Waals surface area contributed by atoms with Gasteiger partial charge in [0.1, 0.15) is 5.82 Å². The number of hydrogen-bond acceptors (Lipinski definition) is 2. The van der Waals surface area contributed by atoms with E-state index in [0.29, 0.717) is 9.39 Å². The molecule has 0 spiro atoms. The fourth-order valence-corrected chi connectivity index (χ4v) is 2.99. The molecule has 18 heavy (non-hydrogen) atoms. The van der Waals surface area contributed by atoms with Crippen molar-refractivity contribution in [1.29, 1.82) is 0 Å². The Morgan fingerprint density at radius 2 is 2.00 bits per heavy atom. The smallest absolute Gasteiger partial charge is 0.264 e. The lowest BCUT2D eigenvalue weighted by Crippen LogP contribution is -2.17. The standard InChI is InChI=1S/C13H12BrIN2O/c1-7(2)11-10(15)13(18)17-12(16-11)8-5-3-4-6-9(8)14/h3-7H,1-2H3,(H,16,17,18). The Bertz CT molecular complexity index is 637. The number of aromatic nitrogens is 2. The number of hydrogen-bond donors (Lipinski definition) is 1. The molecule has 0 aliphatic heterocycles. The Morgan fingerprint density at radius 1 is 1.33 bits per heavy atom. The molecule has 0 saturated carbocycles. The Labute approximate surface area is 127 Å². The van der Waals surface area contributed by atoms with Gasteiger partial charge in [-0.1, -0.05) is 48.0 Å². The summed E-state index contributed by atoms with van der Waals surface area (Å²) in [4.78, 5) is 19.3. The van der Waals surface area contributed by atoms with E-state index in [9.17, 15) is 4.79 Å². The summed E-state index contributed by atoms with van der Waals surface area (Å²) in [5, 5.41) is 0. The van der Waals surface area contributed by atoms with E-state index in [0.717, 1.165) is 15.7 Å². The van der Waals surface area contributed by atoms with Crippen LogP contribution in [0.5, 0.6) is 0 Å². The van der Waals surface area contributed by atoms with Gasteiger partial charge in [-0.05, 0) is 34.6 Å². The average Bonchev–Trinajstić information content (AvgIpc) is 2.33. The van der Waals surface area contributed by atoms with E-state index in [-0.39, 0.29) is 11.5 Å². The molecular weight excluding hydrogens is 407 g/mol. The summed E-state index contributed by atoms with van der Waals surface area (Å²) in [5.74, 6) is 0.831. The molecule has 1 heterocycles. The fraction of sp³-hybridized carbons (Fsp3) is 0.231. The van der Waals surface area contributed by atoms with Crippen LogP contribution < -0.4 is 5.56 Å². The van der Waals surface area contributed by atoms with E-state index < -0.39 is 0 Å². The van der Waals surface area contributed by atoms with Crippen molar-refractivity contribution in [3.05, 3.63) is 48.4 Å². The molecule has 0 amide bonds. The minimum atomic E-state index is -0.0833. The van der Waals surface area contributed by atoms with Crippen LogP contribution >= 0.6 is 38.5 Å². The minimum Gasteiger partial charge on any atom is -0.306 e. The molecule has 1 aromatic heterocycles. The number of H-pyrrole nitrogens is 1. The maximum Gasteiger partial charge on any atom is 0.264 e. The van der Waals surface area contributed by atoms with Crippen molar-refractivity contribution in [3.8, 4) is 11.4 Å². The van der Waals surface area contributed by atoms with Gasteiger partial charge < -0.3 is 4.98 Å². The van der Waals surface area contributed by atoms with Crippen LogP contribution in [0.1, 0.15) is 25.5 Å². The molecular formula is C13H12BrIN2O. The summed E-state index contributed by atoms with van der Waals surface area (Å²) in [6.07, 6.45) is 0. The Morgan fingerprint density at radius 3 is 2.61 bits per heavy atom. The molecule has 0 saturated heterocycles. The Balaban J connectivity index is 2.67. The second-order valence-corrected chi connectivity index (χ2v) is 6.18. The maximum absolute atomic E-state index is 11.9.